The number of ketones is 1. The van der Waals surface area contributed by atoms with Gasteiger partial charge in [0.05, 0.1) is 12.2 Å². The third-order valence-electron chi connectivity index (χ3n) is 1.53. The number of rotatable bonds is 6. The molecule has 1 unspecified atom stereocenters. The van der Waals surface area contributed by atoms with E-state index in [1.54, 1.807) is 0 Å². The van der Waals surface area contributed by atoms with Crippen LogP contribution < -0.4 is 0 Å². The Labute approximate surface area is 87.7 Å². The minimum Gasteiger partial charge on any atom is -0.459 e. The fourth-order valence-electron chi connectivity index (χ4n) is 0.662. The molecule has 0 amide bonds. The van der Waals surface area contributed by atoms with E-state index in [9.17, 15) is 9.59 Å². The Morgan fingerprint density at radius 2 is 1.93 bits per heavy atom. The monoisotopic (exact) mass is 214 g/mol. The summed E-state index contributed by atoms with van der Waals surface area (Å²) in [5.41, 5.74) is -0.160. The molecule has 0 aliphatic heterocycles. The molecule has 0 bridgehead atoms. The summed E-state index contributed by atoms with van der Waals surface area (Å²) < 4.78 is 4.52. The van der Waals surface area contributed by atoms with Crippen molar-refractivity contribution in [3.8, 4) is 0 Å². The summed E-state index contributed by atoms with van der Waals surface area (Å²) in [5.74, 6) is -1.51. The van der Waals surface area contributed by atoms with Crippen molar-refractivity contribution in [3.05, 3.63) is 24.3 Å². The van der Waals surface area contributed by atoms with Crippen LogP contribution in [0.4, 0.5) is 0 Å². The third kappa shape index (κ3) is 4.53. The molecule has 0 heterocycles. The number of Topliss-reactive ketones (excluding diaryl/α,β-unsaturated/α-hetero) is 1. The van der Waals surface area contributed by atoms with Gasteiger partial charge in [-0.25, -0.2) is 4.79 Å². The van der Waals surface area contributed by atoms with Crippen molar-refractivity contribution in [1.29, 1.82) is 0 Å². The number of carbonyl (C=O) groups excluding carboxylic acids is 2. The molecule has 0 radical (unpaired) electrons. The molecule has 0 spiro atoms. The van der Waals surface area contributed by atoms with E-state index in [2.05, 4.69) is 17.9 Å². The van der Waals surface area contributed by atoms with Crippen molar-refractivity contribution in [1.82, 2.24) is 0 Å². The van der Waals surface area contributed by atoms with Crippen LogP contribution in [0.3, 0.4) is 0 Å². The van der Waals surface area contributed by atoms with Gasteiger partial charge < -0.3 is 14.9 Å². The molecule has 0 saturated carbocycles. The minimum atomic E-state index is -1.15. The third-order valence-corrected chi connectivity index (χ3v) is 1.53. The molecule has 5 nitrogen and oxygen atoms in total. The molecule has 0 rings (SSSR count). The summed E-state index contributed by atoms with van der Waals surface area (Å²) in [5, 5.41) is 17.3. The number of hydrogen-bond acceptors (Lipinski definition) is 5. The topological polar surface area (TPSA) is 83.8 Å². The molecule has 0 aromatic rings. The molecule has 0 saturated heterocycles. The smallest absolute Gasteiger partial charge is 0.341 e. The van der Waals surface area contributed by atoms with Crippen LogP contribution in [0.5, 0.6) is 0 Å². The Hall–Kier alpha value is -1.46. The minimum absolute atomic E-state index is 0.180. The van der Waals surface area contributed by atoms with Crippen LogP contribution in [0.15, 0.2) is 24.3 Å². The molecular weight excluding hydrogens is 200 g/mol. The molecule has 15 heavy (non-hydrogen) atoms. The normalized spacial score (nSPS) is 11.7. The van der Waals surface area contributed by atoms with Crippen molar-refractivity contribution in [3.63, 3.8) is 0 Å². The highest BCUT2D eigenvalue weighted by Crippen LogP contribution is 2.04. The van der Waals surface area contributed by atoms with Gasteiger partial charge in [-0.05, 0) is 12.5 Å². The number of aliphatic hydroxyl groups is 2. The quantitative estimate of drug-likeness (QED) is 0.271. The van der Waals surface area contributed by atoms with Gasteiger partial charge in [-0.2, -0.15) is 0 Å². The van der Waals surface area contributed by atoms with Gasteiger partial charge >= 0.3 is 5.97 Å². The van der Waals surface area contributed by atoms with Crippen molar-refractivity contribution in [2.45, 2.75) is 13.0 Å². The SMILES string of the molecule is C=C(C)C(=O)C(=C)C(=O)OCC(O)CO. The molecule has 5 heteroatoms. The van der Waals surface area contributed by atoms with E-state index in [1.165, 1.54) is 6.92 Å². The Morgan fingerprint density at radius 3 is 2.33 bits per heavy atom. The van der Waals surface area contributed by atoms with Gasteiger partial charge in [0.25, 0.3) is 0 Å². The lowest BCUT2D eigenvalue weighted by Gasteiger charge is -2.09. The maximum absolute atomic E-state index is 11.2. The van der Waals surface area contributed by atoms with Crippen molar-refractivity contribution < 1.29 is 24.5 Å². The first-order chi connectivity index (χ1) is 6.90. The van der Waals surface area contributed by atoms with E-state index in [1.807, 2.05) is 0 Å². The maximum atomic E-state index is 11.2. The van der Waals surface area contributed by atoms with E-state index < -0.39 is 24.5 Å². The molecular formula is C10H14O5. The number of hydrogen-bond donors (Lipinski definition) is 2. The Balaban J connectivity index is 4.17. The standard InChI is InChI=1S/C10H14O5/c1-6(2)9(13)7(3)10(14)15-5-8(12)4-11/h8,11-12H,1,3-5H2,2H3. The lowest BCUT2D eigenvalue weighted by atomic mass is 10.1. The van der Waals surface area contributed by atoms with Crippen LogP contribution in [0.2, 0.25) is 0 Å². The second-order valence-corrected chi connectivity index (χ2v) is 3.02. The van der Waals surface area contributed by atoms with Gasteiger partial charge in [-0.1, -0.05) is 13.2 Å². The number of allylic oxidation sites excluding steroid dienone is 1. The van der Waals surface area contributed by atoms with Crippen molar-refractivity contribution >= 4 is 11.8 Å². The number of aliphatic hydroxyl groups excluding tert-OH is 2. The van der Waals surface area contributed by atoms with Crippen LogP contribution in [-0.2, 0) is 14.3 Å². The van der Waals surface area contributed by atoms with E-state index in [4.69, 9.17) is 10.2 Å². The van der Waals surface area contributed by atoms with E-state index in [-0.39, 0.29) is 17.8 Å². The Kier molecular flexibility index (Phi) is 5.51. The largest absolute Gasteiger partial charge is 0.459 e. The first-order valence-corrected chi connectivity index (χ1v) is 4.25. The predicted octanol–water partition coefficient (Wildman–Crippen LogP) is -0.416. The molecule has 84 valence electrons. The van der Waals surface area contributed by atoms with Crippen molar-refractivity contribution in [2.75, 3.05) is 13.2 Å². The van der Waals surface area contributed by atoms with Gasteiger partial charge in [0, 0.05) is 0 Å². The van der Waals surface area contributed by atoms with Gasteiger partial charge in [0.1, 0.15) is 12.7 Å². The van der Waals surface area contributed by atoms with Crippen LogP contribution in [-0.4, -0.2) is 41.3 Å². The summed E-state index contributed by atoms with van der Waals surface area (Å²) in [6.45, 7) is 7.16. The van der Waals surface area contributed by atoms with Gasteiger partial charge in [0.2, 0.25) is 0 Å². The van der Waals surface area contributed by atoms with E-state index >= 15 is 0 Å². The highest BCUT2D eigenvalue weighted by Gasteiger charge is 2.18. The predicted molar refractivity (Wildman–Crippen MR) is 53.0 cm³/mol. The first-order valence-electron chi connectivity index (χ1n) is 4.25. The lowest BCUT2D eigenvalue weighted by molar-refractivity contribution is -0.143. The summed E-state index contributed by atoms with van der Waals surface area (Å²) in [4.78, 5) is 22.3. The zero-order valence-electron chi connectivity index (χ0n) is 8.52. The Bertz CT molecular complexity index is 292. The van der Waals surface area contributed by atoms with Crippen LogP contribution in [0.25, 0.3) is 0 Å². The number of esters is 1. The molecule has 0 aliphatic carbocycles. The molecule has 0 aromatic carbocycles. The Morgan fingerprint density at radius 1 is 1.40 bits per heavy atom. The zero-order valence-corrected chi connectivity index (χ0v) is 8.52. The molecule has 0 fully saturated rings. The van der Waals surface area contributed by atoms with Crippen LogP contribution in [0.1, 0.15) is 6.92 Å². The lowest BCUT2D eigenvalue weighted by Crippen LogP contribution is -2.24. The molecule has 2 N–H and O–H groups in total. The second kappa shape index (κ2) is 6.10. The van der Waals surface area contributed by atoms with Crippen LogP contribution >= 0.6 is 0 Å². The number of ether oxygens (including phenoxy) is 1. The first kappa shape index (κ1) is 13.5. The highest BCUT2D eigenvalue weighted by molar-refractivity contribution is 6.23. The fourth-order valence-corrected chi connectivity index (χ4v) is 0.662. The summed E-state index contributed by atoms with van der Waals surface area (Å²) in [7, 11) is 0. The molecule has 1 atom stereocenters. The average molecular weight is 214 g/mol. The van der Waals surface area contributed by atoms with E-state index in [0.29, 0.717) is 0 Å². The summed E-state index contributed by atoms with van der Waals surface area (Å²) in [6.07, 6.45) is -1.15. The summed E-state index contributed by atoms with van der Waals surface area (Å²) >= 11 is 0. The van der Waals surface area contributed by atoms with E-state index in [0.717, 1.165) is 0 Å². The van der Waals surface area contributed by atoms with Crippen molar-refractivity contribution in [2.24, 2.45) is 0 Å². The number of carbonyl (C=O) groups is 2. The van der Waals surface area contributed by atoms with Gasteiger partial charge in [0.15, 0.2) is 5.78 Å². The van der Waals surface area contributed by atoms with Crippen LogP contribution in [0, 0.1) is 0 Å². The second-order valence-electron chi connectivity index (χ2n) is 3.02. The molecule has 0 aliphatic rings. The summed E-state index contributed by atoms with van der Waals surface area (Å²) in [6, 6.07) is 0. The average Bonchev–Trinajstić information content (AvgIpc) is 2.22. The fraction of sp³-hybridized carbons (Fsp3) is 0.400. The maximum Gasteiger partial charge on any atom is 0.341 e. The molecule has 0 aromatic heterocycles. The van der Waals surface area contributed by atoms with Gasteiger partial charge in [-0.15, -0.1) is 0 Å². The zero-order chi connectivity index (χ0) is 12.0. The highest BCUT2D eigenvalue weighted by atomic mass is 16.5. The van der Waals surface area contributed by atoms with Gasteiger partial charge in [-0.3, -0.25) is 4.79 Å².